The Hall–Kier alpha value is -2.59. The molecule has 27 heavy (non-hydrogen) atoms. The number of nitrogens with one attached hydrogen (secondary N) is 1. The zero-order valence-electron chi connectivity index (χ0n) is 14.9. The maximum Gasteiger partial charge on any atom is 0.270 e. The van der Waals surface area contributed by atoms with Crippen LogP contribution in [0, 0.1) is 23.0 Å². The molecule has 3 rings (SSSR count). The first-order chi connectivity index (χ1) is 12.9. The number of piperidine rings is 1. The molecule has 0 atom stereocenters. The first-order valence-electron chi connectivity index (χ1n) is 8.63. The minimum atomic E-state index is -3.80. The topological polar surface area (TPSA) is 118 Å². The van der Waals surface area contributed by atoms with E-state index in [1.54, 1.807) is 25.4 Å². The van der Waals surface area contributed by atoms with Gasteiger partial charge in [-0.25, -0.2) is 23.1 Å². The largest absolute Gasteiger partial charge is 0.341 e. The normalized spacial score (nSPS) is 15.7. The highest BCUT2D eigenvalue weighted by Crippen LogP contribution is 2.23. The van der Waals surface area contributed by atoms with Gasteiger partial charge in [0, 0.05) is 44.2 Å². The van der Waals surface area contributed by atoms with E-state index in [1.165, 1.54) is 12.1 Å². The summed E-state index contributed by atoms with van der Waals surface area (Å²) in [6.07, 6.45) is 5.03. The Morgan fingerprint density at radius 1 is 1.26 bits per heavy atom. The van der Waals surface area contributed by atoms with Crippen LogP contribution in [0.25, 0.3) is 0 Å². The fraction of sp³-hybridized carbons (Fsp3) is 0.412. The fourth-order valence-electron chi connectivity index (χ4n) is 3.09. The number of benzene rings is 1. The van der Waals surface area contributed by atoms with Crippen molar-refractivity contribution < 1.29 is 13.3 Å². The van der Waals surface area contributed by atoms with Crippen LogP contribution in [-0.2, 0) is 10.0 Å². The van der Waals surface area contributed by atoms with Crippen molar-refractivity contribution in [2.75, 3.05) is 24.5 Å². The summed E-state index contributed by atoms with van der Waals surface area (Å²) < 4.78 is 27.8. The number of aryl methyl sites for hydroxylation is 1. The van der Waals surface area contributed by atoms with E-state index < -0.39 is 14.9 Å². The molecule has 144 valence electrons. The number of nitro groups is 1. The number of rotatable bonds is 6. The van der Waals surface area contributed by atoms with Crippen LogP contribution in [0.15, 0.2) is 41.6 Å². The van der Waals surface area contributed by atoms with Crippen molar-refractivity contribution in [1.29, 1.82) is 0 Å². The van der Waals surface area contributed by atoms with E-state index in [2.05, 4.69) is 19.6 Å². The quantitative estimate of drug-likeness (QED) is 0.590. The zero-order valence-corrected chi connectivity index (χ0v) is 15.7. The van der Waals surface area contributed by atoms with Gasteiger partial charge in [0.1, 0.15) is 0 Å². The molecule has 9 nitrogen and oxygen atoms in total. The van der Waals surface area contributed by atoms with E-state index in [9.17, 15) is 18.5 Å². The van der Waals surface area contributed by atoms with Crippen LogP contribution in [0.2, 0.25) is 0 Å². The maximum absolute atomic E-state index is 12.6. The lowest BCUT2D eigenvalue weighted by Gasteiger charge is -2.31. The van der Waals surface area contributed by atoms with Gasteiger partial charge in [-0.05, 0) is 37.3 Å². The van der Waals surface area contributed by atoms with E-state index in [0.717, 1.165) is 32.0 Å². The van der Waals surface area contributed by atoms with Gasteiger partial charge in [0.15, 0.2) is 0 Å². The SMILES string of the molecule is Cc1ccc([N+](=O)[O-])cc1S(=O)(=O)NCC1CCN(c2ncccn2)CC1. The molecule has 2 heterocycles. The molecular formula is C17H21N5O4S. The Bertz CT molecular complexity index is 912. The lowest BCUT2D eigenvalue weighted by atomic mass is 9.97. The lowest BCUT2D eigenvalue weighted by Crippen LogP contribution is -2.39. The Morgan fingerprint density at radius 3 is 2.56 bits per heavy atom. The van der Waals surface area contributed by atoms with Crippen LogP contribution in [0.5, 0.6) is 0 Å². The van der Waals surface area contributed by atoms with Gasteiger partial charge in [0.2, 0.25) is 16.0 Å². The number of nitro benzene ring substituents is 1. The van der Waals surface area contributed by atoms with E-state index in [1.807, 2.05) is 0 Å². The van der Waals surface area contributed by atoms with Crippen molar-refractivity contribution in [3.8, 4) is 0 Å². The highest BCUT2D eigenvalue weighted by molar-refractivity contribution is 7.89. The van der Waals surface area contributed by atoms with Crippen molar-refractivity contribution in [3.05, 3.63) is 52.3 Å². The summed E-state index contributed by atoms with van der Waals surface area (Å²) in [7, 11) is -3.80. The average molecular weight is 391 g/mol. The number of hydrogen-bond acceptors (Lipinski definition) is 7. The summed E-state index contributed by atoms with van der Waals surface area (Å²) in [5.74, 6) is 0.877. The molecule has 1 aliphatic heterocycles. The molecule has 1 aromatic heterocycles. The summed E-state index contributed by atoms with van der Waals surface area (Å²) in [4.78, 5) is 20.8. The fourth-order valence-corrected chi connectivity index (χ4v) is 4.47. The van der Waals surface area contributed by atoms with Crippen molar-refractivity contribution in [3.63, 3.8) is 0 Å². The minimum absolute atomic E-state index is 0.0492. The summed E-state index contributed by atoms with van der Waals surface area (Å²) >= 11 is 0. The molecule has 0 saturated carbocycles. The van der Waals surface area contributed by atoms with E-state index in [0.29, 0.717) is 18.1 Å². The van der Waals surface area contributed by atoms with Gasteiger partial charge in [-0.3, -0.25) is 10.1 Å². The van der Waals surface area contributed by atoms with Crippen LogP contribution < -0.4 is 9.62 Å². The Balaban J connectivity index is 1.60. The molecule has 0 unspecified atom stereocenters. The first-order valence-corrected chi connectivity index (χ1v) is 10.1. The summed E-state index contributed by atoms with van der Waals surface area (Å²) in [5, 5.41) is 10.9. The highest BCUT2D eigenvalue weighted by Gasteiger charge is 2.25. The average Bonchev–Trinajstić information content (AvgIpc) is 2.67. The molecule has 1 saturated heterocycles. The third-order valence-corrected chi connectivity index (χ3v) is 6.25. The standard InChI is InChI=1S/C17H21N5O4S/c1-13-3-4-15(22(23)24)11-16(13)27(25,26)20-12-14-5-9-21(10-6-14)17-18-7-2-8-19-17/h2-4,7-8,11,14,20H,5-6,9-10,12H2,1H3. The number of aromatic nitrogens is 2. The predicted octanol–water partition coefficient (Wildman–Crippen LogP) is 1.89. The monoisotopic (exact) mass is 391 g/mol. The van der Waals surface area contributed by atoms with E-state index in [4.69, 9.17) is 0 Å². The second-order valence-electron chi connectivity index (χ2n) is 6.54. The van der Waals surface area contributed by atoms with Gasteiger partial charge < -0.3 is 4.90 Å². The molecule has 1 aromatic carbocycles. The molecule has 0 aliphatic carbocycles. The number of nitrogens with zero attached hydrogens (tertiary/aromatic N) is 4. The summed E-state index contributed by atoms with van der Waals surface area (Å²) in [6.45, 7) is 3.43. The number of anilines is 1. The van der Waals surface area contributed by atoms with Gasteiger partial charge in [-0.15, -0.1) is 0 Å². The molecule has 10 heteroatoms. The van der Waals surface area contributed by atoms with Gasteiger partial charge in [-0.1, -0.05) is 6.07 Å². The molecule has 1 fully saturated rings. The van der Waals surface area contributed by atoms with E-state index in [-0.39, 0.29) is 16.5 Å². The smallest absolute Gasteiger partial charge is 0.270 e. The molecule has 1 aliphatic rings. The molecule has 0 spiro atoms. The molecule has 2 aromatic rings. The van der Waals surface area contributed by atoms with Crippen LogP contribution in [-0.4, -0.2) is 42.9 Å². The van der Waals surface area contributed by atoms with Gasteiger partial charge in [0.05, 0.1) is 9.82 Å². The van der Waals surface area contributed by atoms with Crippen LogP contribution in [0.3, 0.4) is 0 Å². The first kappa shape index (κ1) is 19.2. The molecule has 0 amide bonds. The molecular weight excluding hydrogens is 370 g/mol. The van der Waals surface area contributed by atoms with Crippen LogP contribution in [0.4, 0.5) is 11.6 Å². The summed E-state index contributed by atoms with van der Waals surface area (Å²) in [5.41, 5.74) is 0.237. The zero-order chi connectivity index (χ0) is 19.4. The van der Waals surface area contributed by atoms with Crippen molar-refractivity contribution in [2.45, 2.75) is 24.7 Å². The predicted molar refractivity (Wildman–Crippen MR) is 100.0 cm³/mol. The lowest BCUT2D eigenvalue weighted by molar-refractivity contribution is -0.385. The van der Waals surface area contributed by atoms with Crippen LogP contribution in [0.1, 0.15) is 18.4 Å². The number of non-ortho nitro benzene ring substituents is 1. The van der Waals surface area contributed by atoms with E-state index >= 15 is 0 Å². The minimum Gasteiger partial charge on any atom is -0.341 e. The third kappa shape index (κ3) is 4.58. The molecule has 0 bridgehead atoms. The van der Waals surface area contributed by atoms with Crippen molar-refractivity contribution in [2.24, 2.45) is 5.92 Å². The molecule has 1 N–H and O–H groups in total. The van der Waals surface area contributed by atoms with Crippen LogP contribution >= 0.6 is 0 Å². The second-order valence-corrected chi connectivity index (χ2v) is 8.27. The van der Waals surface area contributed by atoms with Gasteiger partial charge >= 0.3 is 0 Å². The molecule has 0 radical (unpaired) electrons. The Labute approximate surface area is 157 Å². The third-order valence-electron chi connectivity index (χ3n) is 4.68. The number of hydrogen-bond donors (Lipinski definition) is 1. The number of sulfonamides is 1. The maximum atomic E-state index is 12.6. The van der Waals surface area contributed by atoms with Crippen molar-refractivity contribution >= 4 is 21.7 Å². The Kier molecular flexibility index (Phi) is 5.66. The van der Waals surface area contributed by atoms with Gasteiger partial charge in [0.25, 0.3) is 5.69 Å². The summed E-state index contributed by atoms with van der Waals surface area (Å²) in [6, 6.07) is 5.62. The van der Waals surface area contributed by atoms with Crippen molar-refractivity contribution in [1.82, 2.24) is 14.7 Å². The second kappa shape index (κ2) is 7.97. The Morgan fingerprint density at radius 2 is 1.93 bits per heavy atom. The highest BCUT2D eigenvalue weighted by atomic mass is 32.2. The van der Waals surface area contributed by atoms with Gasteiger partial charge in [-0.2, -0.15) is 0 Å².